The molecule has 0 aromatic heterocycles. The maximum Gasteiger partial charge on any atom is 0.124 e. The van der Waals surface area contributed by atoms with Crippen LogP contribution in [0.4, 0.5) is 0 Å². The van der Waals surface area contributed by atoms with Crippen LogP contribution in [-0.4, -0.2) is 7.11 Å². The van der Waals surface area contributed by atoms with E-state index in [9.17, 15) is 0 Å². The lowest BCUT2D eigenvalue weighted by atomic mass is 10.1. The van der Waals surface area contributed by atoms with Crippen molar-refractivity contribution in [2.75, 3.05) is 7.11 Å². The lowest BCUT2D eigenvalue weighted by Crippen LogP contribution is -2.06. The third kappa shape index (κ3) is 2.43. The lowest BCUT2D eigenvalue weighted by molar-refractivity contribution is 0.0645. The molecule has 0 saturated carbocycles. The van der Waals surface area contributed by atoms with Crippen LogP contribution in [0, 0.1) is 0 Å². The molecule has 0 saturated heterocycles. The number of methoxy groups -OCH3 is 1. The van der Waals surface area contributed by atoms with E-state index >= 15 is 0 Å². The van der Waals surface area contributed by atoms with E-state index in [0.29, 0.717) is 0 Å². The zero-order valence-corrected chi connectivity index (χ0v) is 9.17. The van der Waals surface area contributed by atoms with Gasteiger partial charge in [0.25, 0.3) is 0 Å². The Kier molecular flexibility index (Phi) is 3.71. The summed E-state index contributed by atoms with van der Waals surface area (Å²) in [5.41, 5.74) is 0.930. The van der Waals surface area contributed by atoms with Crippen molar-refractivity contribution in [2.24, 2.45) is 5.90 Å². The Morgan fingerprint density at radius 1 is 1.46 bits per heavy atom. The number of ether oxygens (including phenoxy) is 1. The Balaban J connectivity index is 3.07. The molecule has 4 heteroatoms. The van der Waals surface area contributed by atoms with Crippen molar-refractivity contribution < 1.29 is 9.57 Å². The molecule has 1 unspecified atom stereocenters. The molecule has 13 heavy (non-hydrogen) atoms. The molecule has 1 rings (SSSR count). The van der Waals surface area contributed by atoms with Gasteiger partial charge in [-0.2, -0.15) is 0 Å². The topological polar surface area (TPSA) is 44.5 Å². The van der Waals surface area contributed by atoms with E-state index in [1.807, 2.05) is 25.1 Å². The van der Waals surface area contributed by atoms with E-state index in [2.05, 4.69) is 15.9 Å². The van der Waals surface area contributed by atoms with Gasteiger partial charge in [0.1, 0.15) is 11.9 Å². The second-order valence-electron chi connectivity index (χ2n) is 2.66. The molecular weight excluding hydrogens is 234 g/mol. The predicted molar refractivity (Wildman–Crippen MR) is 54.4 cm³/mol. The van der Waals surface area contributed by atoms with Crippen LogP contribution >= 0.6 is 15.9 Å². The Morgan fingerprint density at radius 2 is 2.15 bits per heavy atom. The summed E-state index contributed by atoms with van der Waals surface area (Å²) in [6.45, 7) is 1.87. The molecular formula is C9H12BrNO2. The third-order valence-electron chi connectivity index (χ3n) is 1.83. The lowest BCUT2D eigenvalue weighted by Gasteiger charge is -2.13. The van der Waals surface area contributed by atoms with Gasteiger partial charge in [-0.25, -0.2) is 5.90 Å². The smallest absolute Gasteiger partial charge is 0.124 e. The maximum atomic E-state index is 5.17. The molecule has 2 N–H and O–H groups in total. The largest absolute Gasteiger partial charge is 0.496 e. The van der Waals surface area contributed by atoms with Crippen molar-refractivity contribution in [1.29, 1.82) is 0 Å². The van der Waals surface area contributed by atoms with Gasteiger partial charge in [0.05, 0.1) is 7.11 Å². The molecule has 0 aliphatic heterocycles. The van der Waals surface area contributed by atoms with Gasteiger partial charge < -0.3 is 4.74 Å². The molecule has 72 valence electrons. The molecule has 0 bridgehead atoms. The van der Waals surface area contributed by atoms with Crippen LogP contribution in [0.3, 0.4) is 0 Å². The van der Waals surface area contributed by atoms with Gasteiger partial charge in [0.2, 0.25) is 0 Å². The number of hydrogen-bond donors (Lipinski definition) is 1. The summed E-state index contributed by atoms with van der Waals surface area (Å²) in [5, 5.41) is 0. The average molecular weight is 246 g/mol. The Morgan fingerprint density at radius 3 is 2.69 bits per heavy atom. The molecule has 1 aromatic carbocycles. The van der Waals surface area contributed by atoms with Crippen LogP contribution in [0.25, 0.3) is 0 Å². The molecule has 0 aliphatic carbocycles. The van der Waals surface area contributed by atoms with Crippen LogP contribution in [0.15, 0.2) is 22.7 Å². The monoisotopic (exact) mass is 245 g/mol. The van der Waals surface area contributed by atoms with Gasteiger partial charge in [0, 0.05) is 10.0 Å². The number of hydrogen-bond acceptors (Lipinski definition) is 3. The standard InChI is InChI=1S/C9H12BrNO2/c1-6(13-11)8-5-7(10)3-4-9(8)12-2/h3-6H,11H2,1-2H3. The maximum absolute atomic E-state index is 5.17. The Hall–Kier alpha value is -0.580. The van der Waals surface area contributed by atoms with Crippen molar-refractivity contribution in [2.45, 2.75) is 13.0 Å². The van der Waals surface area contributed by atoms with E-state index in [-0.39, 0.29) is 6.10 Å². The van der Waals surface area contributed by atoms with E-state index in [1.54, 1.807) is 7.11 Å². The Bertz CT molecular complexity index is 291. The first-order valence-corrected chi connectivity index (χ1v) is 4.67. The zero-order valence-electron chi connectivity index (χ0n) is 7.58. The van der Waals surface area contributed by atoms with E-state index in [0.717, 1.165) is 15.8 Å². The van der Waals surface area contributed by atoms with Gasteiger partial charge in [-0.1, -0.05) is 15.9 Å². The minimum Gasteiger partial charge on any atom is -0.496 e. The van der Waals surface area contributed by atoms with E-state index in [1.165, 1.54) is 0 Å². The van der Waals surface area contributed by atoms with Crippen LogP contribution in [-0.2, 0) is 4.84 Å². The van der Waals surface area contributed by atoms with Crippen LogP contribution < -0.4 is 10.6 Å². The third-order valence-corrected chi connectivity index (χ3v) is 2.33. The van der Waals surface area contributed by atoms with Crippen molar-refractivity contribution >= 4 is 15.9 Å². The summed E-state index contributed by atoms with van der Waals surface area (Å²) < 4.78 is 6.15. The first kappa shape index (κ1) is 10.5. The first-order valence-electron chi connectivity index (χ1n) is 3.88. The zero-order chi connectivity index (χ0) is 9.84. The second-order valence-corrected chi connectivity index (χ2v) is 3.58. The number of nitrogens with two attached hydrogens (primary N) is 1. The number of halogens is 1. The summed E-state index contributed by atoms with van der Waals surface area (Å²) in [4.78, 5) is 4.73. The van der Waals surface area contributed by atoms with Gasteiger partial charge in [-0.15, -0.1) is 0 Å². The minimum atomic E-state index is -0.174. The number of benzene rings is 1. The van der Waals surface area contributed by atoms with E-state index < -0.39 is 0 Å². The summed E-state index contributed by atoms with van der Waals surface area (Å²) in [5.74, 6) is 5.89. The SMILES string of the molecule is COc1ccc(Br)cc1C(C)ON. The summed E-state index contributed by atoms with van der Waals surface area (Å²) in [6, 6.07) is 5.71. The quantitative estimate of drug-likeness (QED) is 0.833. The molecule has 0 heterocycles. The molecule has 0 amide bonds. The molecule has 3 nitrogen and oxygen atoms in total. The fourth-order valence-corrected chi connectivity index (χ4v) is 1.47. The van der Waals surface area contributed by atoms with Crippen molar-refractivity contribution in [3.8, 4) is 5.75 Å². The van der Waals surface area contributed by atoms with Crippen LogP contribution in [0.1, 0.15) is 18.6 Å². The fraction of sp³-hybridized carbons (Fsp3) is 0.333. The highest BCUT2D eigenvalue weighted by molar-refractivity contribution is 9.10. The van der Waals surface area contributed by atoms with Crippen molar-refractivity contribution in [1.82, 2.24) is 0 Å². The highest BCUT2D eigenvalue weighted by atomic mass is 79.9. The first-order chi connectivity index (χ1) is 6.19. The molecule has 0 fully saturated rings. The predicted octanol–water partition coefficient (Wildman–Crippen LogP) is 2.41. The van der Waals surface area contributed by atoms with Gasteiger partial charge in [-0.05, 0) is 25.1 Å². The highest BCUT2D eigenvalue weighted by Gasteiger charge is 2.11. The summed E-state index contributed by atoms with van der Waals surface area (Å²) in [7, 11) is 1.62. The fourth-order valence-electron chi connectivity index (χ4n) is 1.10. The van der Waals surface area contributed by atoms with Gasteiger partial charge in [0.15, 0.2) is 0 Å². The highest BCUT2D eigenvalue weighted by Crippen LogP contribution is 2.29. The molecule has 0 aliphatic rings. The summed E-state index contributed by atoms with van der Waals surface area (Å²) in [6.07, 6.45) is -0.174. The van der Waals surface area contributed by atoms with Crippen molar-refractivity contribution in [3.63, 3.8) is 0 Å². The van der Waals surface area contributed by atoms with Gasteiger partial charge >= 0.3 is 0 Å². The van der Waals surface area contributed by atoms with Crippen molar-refractivity contribution in [3.05, 3.63) is 28.2 Å². The Labute approximate surface area is 85.9 Å². The molecule has 1 aromatic rings. The number of rotatable bonds is 3. The molecule has 0 radical (unpaired) electrons. The average Bonchev–Trinajstić information content (AvgIpc) is 2.16. The molecule has 1 atom stereocenters. The van der Waals surface area contributed by atoms with Gasteiger partial charge in [-0.3, -0.25) is 4.84 Å². The van der Waals surface area contributed by atoms with Crippen LogP contribution in [0.2, 0.25) is 0 Å². The second kappa shape index (κ2) is 4.60. The summed E-state index contributed by atoms with van der Waals surface area (Å²) >= 11 is 3.37. The minimum absolute atomic E-state index is 0.174. The molecule has 0 spiro atoms. The normalized spacial score (nSPS) is 12.6. The van der Waals surface area contributed by atoms with Crippen LogP contribution in [0.5, 0.6) is 5.75 Å². The van der Waals surface area contributed by atoms with E-state index in [4.69, 9.17) is 15.5 Å².